The zero-order valence-corrected chi connectivity index (χ0v) is 11.8. The molecule has 0 saturated heterocycles. The summed E-state index contributed by atoms with van der Waals surface area (Å²) in [5.74, 6) is 0.674. The summed E-state index contributed by atoms with van der Waals surface area (Å²) in [5, 5.41) is 0. The van der Waals surface area contributed by atoms with Gasteiger partial charge < -0.3 is 4.74 Å². The standard InChI is InChI=1S/C13H19NO3S/c1-13(2,3)17-11-6-8-12(9-7-11)18(15,16)14-10-4-5-10/h6-10,14H,4-5H2,1-3H3. The highest BCUT2D eigenvalue weighted by Gasteiger charge is 2.27. The van der Waals surface area contributed by atoms with Gasteiger partial charge in [0, 0.05) is 6.04 Å². The van der Waals surface area contributed by atoms with Crippen LogP contribution >= 0.6 is 0 Å². The third kappa shape index (κ3) is 3.71. The van der Waals surface area contributed by atoms with E-state index in [9.17, 15) is 8.42 Å². The SMILES string of the molecule is CC(C)(C)Oc1ccc(S(=O)(=O)NC2CC2)cc1. The normalized spacial score (nSPS) is 16.6. The predicted molar refractivity (Wildman–Crippen MR) is 70.2 cm³/mol. The Bertz CT molecular complexity index is 510. The minimum atomic E-state index is -3.36. The highest BCUT2D eigenvalue weighted by Crippen LogP contribution is 2.24. The molecule has 0 aromatic heterocycles. The first-order chi connectivity index (χ1) is 8.26. The summed E-state index contributed by atoms with van der Waals surface area (Å²) in [7, 11) is -3.36. The van der Waals surface area contributed by atoms with Crippen LogP contribution in [0.25, 0.3) is 0 Å². The van der Waals surface area contributed by atoms with Gasteiger partial charge in [-0.2, -0.15) is 0 Å². The van der Waals surface area contributed by atoms with Gasteiger partial charge >= 0.3 is 0 Å². The van der Waals surface area contributed by atoms with Crippen LogP contribution in [0, 0.1) is 0 Å². The molecule has 100 valence electrons. The number of nitrogens with one attached hydrogen (secondary N) is 1. The fourth-order valence-electron chi connectivity index (χ4n) is 1.53. The molecule has 0 bridgehead atoms. The quantitative estimate of drug-likeness (QED) is 0.912. The van der Waals surface area contributed by atoms with Crippen LogP contribution in [0.15, 0.2) is 29.2 Å². The Morgan fingerprint density at radius 1 is 1.17 bits per heavy atom. The molecule has 1 aromatic rings. The number of hydrogen-bond acceptors (Lipinski definition) is 3. The minimum Gasteiger partial charge on any atom is -0.488 e. The van der Waals surface area contributed by atoms with Crippen molar-refractivity contribution in [3.05, 3.63) is 24.3 Å². The van der Waals surface area contributed by atoms with Crippen LogP contribution in [0.1, 0.15) is 33.6 Å². The van der Waals surface area contributed by atoms with Crippen molar-refractivity contribution < 1.29 is 13.2 Å². The zero-order chi connectivity index (χ0) is 13.4. The maximum atomic E-state index is 11.9. The van der Waals surface area contributed by atoms with E-state index >= 15 is 0 Å². The van der Waals surface area contributed by atoms with Gasteiger partial charge in [0.15, 0.2) is 0 Å². The average Bonchev–Trinajstić information content (AvgIpc) is 2.99. The summed E-state index contributed by atoms with van der Waals surface area (Å²) in [6.45, 7) is 5.85. The van der Waals surface area contributed by atoms with Crippen molar-refractivity contribution in [2.45, 2.75) is 50.2 Å². The Morgan fingerprint density at radius 2 is 1.72 bits per heavy atom. The van der Waals surface area contributed by atoms with Crippen LogP contribution < -0.4 is 9.46 Å². The molecule has 0 unspecified atom stereocenters. The number of rotatable bonds is 4. The van der Waals surface area contributed by atoms with Crippen LogP contribution in [0.2, 0.25) is 0 Å². The van der Waals surface area contributed by atoms with E-state index in [-0.39, 0.29) is 16.5 Å². The van der Waals surface area contributed by atoms with E-state index in [1.807, 2.05) is 20.8 Å². The molecule has 1 fully saturated rings. The van der Waals surface area contributed by atoms with E-state index in [4.69, 9.17) is 4.74 Å². The Balaban J connectivity index is 2.11. The van der Waals surface area contributed by atoms with Crippen molar-refractivity contribution in [2.75, 3.05) is 0 Å². The van der Waals surface area contributed by atoms with Crippen molar-refractivity contribution in [2.24, 2.45) is 0 Å². The molecule has 0 radical (unpaired) electrons. The van der Waals surface area contributed by atoms with Gasteiger partial charge in [-0.3, -0.25) is 0 Å². The van der Waals surface area contributed by atoms with Crippen LogP contribution in [0.5, 0.6) is 5.75 Å². The van der Waals surface area contributed by atoms with Crippen molar-refractivity contribution in [3.63, 3.8) is 0 Å². The molecule has 1 saturated carbocycles. The Hall–Kier alpha value is -1.07. The Kier molecular flexibility index (Phi) is 3.38. The number of ether oxygens (including phenoxy) is 1. The third-order valence-electron chi connectivity index (χ3n) is 2.46. The second-order valence-electron chi connectivity index (χ2n) is 5.58. The van der Waals surface area contributed by atoms with E-state index in [1.165, 1.54) is 0 Å². The van der Waals surface area contributed by atoms with E-state index in [1.54, 1.807) is 24.3 Å². The summed E-state index contributed by atoms with van der Waals surface area (Å²) in [5.41, 5.74) is -0.285. The highest BCUT2D eigenvalue weighted by atomic mass is 32.2. The summed E-state index contributed by atoms with van der Waals surface area (Å²) in [4.78, 5) is 0.288. The van der Waals surface area contributed by atoms with Gasteiger partial charge in [0.25, 0.3) is 0 Å². The summed E-state index contributed by atoms with van der Waals surface area (Å²) < 4.78 is 32.1. The highest BCUT2D eigenvalue weighted by molar-refractivity contribution is 7.89. The molecule has 0 amide bonds. The lowest BCUT2D eigenvalue weighted by Gasteiger charge is -2.21. The minimum absolute atomic E-state index is 0.125. The van der Waals surface area contributed by atoms with Gasteiger partial charge in [0.1, 0.15) is 11.4 Å². The molecule has 18 heavy (non-hydrogen) atoms. The summed E-state index contributed by atoms with van der Waals surface area (Å²) in [6, 6.07) is 6.65. The van der Waals surface area contributed by atoms with Crippen molar-refractivity contribution in [1.29, 1.82) is 0 Å². The van der Waals surface area contributed by atoms with Crippen LogP contribution in [-0.2, 0) is 10.0 Å². The Morgan fingerprint density at radius 3 is 2.17 bits per heavy atom. The molecular weight excluding hydrogens is 250 g/mol. The fraction of sp³-hybridized carbons (Fsp3) is 0.538. The molecule has 5 heteroatoms. The summed E-state index contributed by atoms with van der Waals surface area (Å²) in [6.07, 6.45) is 1.87. The largest absolute Gasteiger partial charge is 0.488 e. The van der Waals surface area contributed by atoms with Crippen molar-refractivity contribution >= 4 is 10.0 Å². The summed E-state index contributed by atoms with van der Waals surface area (Å²) >= 11 is 0. The van der Waals surface area contributed by atoms with Crippen LogP contribution in [0.3, 0.4) is 0 Å². The maximum absolute atomic E-state index is 11.9. The maximum Gasteiger partial charge on any atom is 0.240 e. The van der Waals surface area contributed by atoms with Crippen molar-refractivity contribution in [1.82, 2.24) is 4.72 Å². The second kappa shape index (κ2) is 4.55. The number of hydrogen-bond donors (Lipinski definition) is 1. The molecule has 0 aliphatic heterocycles. The van der Waals surface area contributed by atoms with Crippen LogP contribution in [-0.4, -0.2) is 20.1 Å². The van der Waals surface area contributed by atoms with E-state index in [2.05, 4.69) is 4.72 Å². The first-order valence-electron chi connectivity index (χ1n) is 6.08. The first-order valence-corrected chi connectivity index (χ1v) is 7.56. The molecule has 1 aliphatic rings. The molecule has 4 nitrogen and oxygen atoms in total. The topological polar surface area (TPSA) is 55.4 Å². The van der Waals surface area contributed by atoms with E-state index < -0.39 is 10.0 Å². The first kappa shape index (κ1) is 13.4. The monoisotopic (exact) mass is 269 g/mol. The molecule has 2 rings (SSSR count). The van der Waals surface area contributed by atoms with Gasteiger partial charge in [-0.05, 0) is 57.9 Å². The van der Waals surface area contributed by atoms with Crippen LogP contribution in [0.4, 0.5) is 0 Å². The van der Waals surface area contributed by atoms with E-state index in [0.717, 1.165) is 12.8 Å². The van der Waals surface area contributed by atoms with Crippen molar-refractivity contribution in [3.8, 4) is 5.75 Å². The van der Waals surface area contributed by atoms with Gasteiger partial charge in [0.05, 0.1) is 4.90 Å². The van der Waals surface area contributed by atoms with Gasteiger partial charge in [-0.1, -0.05) is 0 Å². The third-order valence-corrected chi connectivity index (χ3v) is 3.99. The Labute approximate surface area is 108 Å². The number of benzene rings is 1. The second-order valence-corrected chi connectivity index (χ2v) is 7.30. The fourth-order valence-corrected chi connectivity index (χ4v) is 2.83. The average molecular weight is 269 g/mol. The van der Waals surface area contributed by atoms with E-state index in [0.29, 0.717) is 5.75 Å². The lowest BCUT2D eigenvalue weighted by Crippen LogP contribution is -2.26. The smallest absolute Gasteiger partial charge is 0.240 e. The molecule has 0 spiro atoms. The van der Waals surface area contributed by atoms with Gasteiger partial charge in [-0.15, -0.1) is 0 Å². The van der Waals surface area contributed by atoms with Gasteiger partial charge in [0.2, 0.25) is 10.0 Å². The molecular formula is C13H19NO3S. The molecule has 1 aromatic carbocycles. The number of sulfonamides is 1. The molecule has 1 aliphatic carbocycles. The molecule has 1 N–H and O–H groups in total. The lowest BCUT2D eigenvalue weighted by atomic mass is 10.2. The zero-order valence-electron chi connectivity index (χ0n) is 10.9. The molecule has 0 heterocycles. The lowest BCUT2D eigenvalue weighted by molar-refractivity contribution is 0.131. The molecule has 0 atom stereocenters. The predicted octanol–water partition coefficient (Wildman–Crippen LogP) is 2.30. The van der Waals surface area contributed by atoms with Gasteiger partial charge in [-0.25, -0.2) is 13.1 Å².